The Labute approximate surface area is 139 Å². The van der Waals surface area contributed by atoms with Crippen LogP contribution in [0.4, 0.5) is 9.18 Å². The van der Waals surface area contributed by atoms with Crippen LogP contribution in [0.2, 0.25) is 0 Å². The van der Waals surface area contributed by atoms with E-state index in [4.69, 9.17) is 4.74 Å². The van der Waals surface area contributed by atoms with Crippen molar-refractivity contribution in [2.45, 2.75) is 52.3 Å². The van der Waals surface area contributed by atoms with Crippen molar-refractivity contribution in [2.24, 2.45) is 0 Å². The van der Waals surface area contributed by atoms with Crippen LogP contribution in [0.3, 0.4) is 0 Å². The van der Waals surface area contributed by atoms with E-state index in [9.17, 15) is 9.18 Å². The Bertz CT molecular complexity index is 527. The van der Waals surface area contributed by atoms with Crippen LogP contribution in [0.25, 0.3) is 0 Å². The highest BCUT2D eigenvalue weighted by atomic mass is 79.9. The first-order chi connectivity index (χ1) is 9.98. The van der Waals surface area contributed by atoms with E-state index in [0.29, 0.717) is 23.1 Å². The molecule has 0 radical (unpaired) electrons. The average Bonchev–Trinajstić information content (AvgIpc) is 2.28. The second kappa shape index (κ2) is 7.42. The van der Waals surface area contributed by atoms with Crippen molar-refractivity contribution in [3.05, 3.63) is 34.1 Å². The second-order valence-corrected chi connectivity index (χ2v) is 7.77. The molecule has 0 aliphatic carbocycles. The van der Waals surface area contributed by atoms with Crippen LogP contribution in [-0.4, -0.2) is 23.8 Å². The largest absolute Gasteiger partial charge is 0.444 e. The van der Waals surface area contributed by atoms with Gasteiger partial charge in [0.15, 0.2) is 0 Å². The van der Waals surface area contributed by atoms with Gasteiger partial charge in [-0.15, -0.1) is 0 Å². The number of halogens is 2. The van der Waals surface area contributed by atoms with E-state index < -0.39 is 17.2 Å². The van der Waals surface area contributed by atoms with E-state index in [0.717, 1.165) is 0 Å². The van der Waals surface area contributed by atoms with Crippen molar-refractivity contribution in [3.63, 3.8) is 0 Å². The number of rotatable bonds is 5. The molecule has 22 heavy (non-hydrogen) atoms. The molecule has 1 aromatic carbocycles. The monoisotopic (exact) mass is 374 g/mol. The summed E-state index contributed by atoms with van der Waals surface area (Å²) >= 11 is 3.23. The second-order valence-electron chi connectivity index (χ2n) is 6.85. The van der Waals surface area contributed by atoms with Crippen molar-refractivity contribution < 1.29 is 13.9 Å². The average molecular weight is 375 g/mol. The maximum Gasteiger partial charge on any atom is 0.408 e. The Balaban J connectivity index is 2.47. The number of ether oxygens (including phenoxy) is 1. The van der Waals surface area contributed by atoms with Crippen LogP contribution in [0, 0.1) is 5.82 Å². The van der Waals surface area contributed by atoms with Crippen LogP contribution in [-0.2, 0) is 11.3 Å². The highest BCUT2D eigenvalue weighted by molar-refractivity contribution is 9.10. The summed E-state index contributed by atoms with van der Waals surface area (Å²) in [5.74, 6) is -0.264. The van der Waals surface area contributed by atoms with Gasteiger partial charge in [0.05, 0.1) is 5.54 Å². The first-order valence-electron chi connectivity index (χ1n) is 7.14. The molecule has 0 aromatic heterocycles. The van der Waals surface area contributed by atoms with Gasteiger partial charge in [-0.05, 0) is 46.8 Å². The Morgan fingerprint density at radius 1 is 1.27 bits per heavy atom. The summed E-state index contributed by atoms with van der Waals surface area (Å²) in [7, 11) is 0. The molecule has 0 aliphatic heterocycles. The summed E-state index contributed by atoms with van der Waals surface area (Å²) in [6.07, 6.45) is -0.464. The SMILES string of the molecule is CC(C)(CNCc1ccc(Br)cc1F)NC(=O)OC(C)(C)C. The summed E-state index contributed by atoms with van der Waals surface area (Å²) in [6, 6.07) is 4.95. The quantitative estimate of drug-likeness (QED) is 0.819. The standard InChI is InChI=1S/C16H24BrFN2O2/c1-15(2,3)22-14(21)20-16(4,5)10-19-9-11-6-7-12(17)8-13(11)18/h6-8,19H,9-10H2,1-5H3,(H,20,21). The molecule has 2 N–H and O–H groups in total. The number of alkyl carbamates (subject to hydrolysis) is 1. The van der Waals surface area contributed by atoms with Gasteiger partial charge in [0.2, 0.25) is 0 Å². The smallest absolute Gasteiger partial charge is 0.408 e. The molecule has 0 aliphatic rings. The minimum Gasteiger partial charge on any atom is -0.444 e. The zero-order valence-electron chi connectivity index (χ0n) is 13.7. The molecule has 6 heteroatoms. The Hall–Kier alpha value is -1.14. The Morgan fingerprint density at radius 3 is 2.45 bits per heavy atom. The third-order valence-corrected chi connectivity index (χ3v) is 3.23. The summed E-state index contributed by atoms with van der Waals surface area (Å²) in [4.78, 5) is 11.8. The van der Waals surface area contributed by atoms with Gasteiger partial charge in [0, 0.05) is 23.1 Å². The lowest BCUT2D eigenvalue weighted by atomic mass is 10.1. The highest BCUT2D eigenvalue weighted by Gasteiger charge is 2.24. The Kier molecular flexibility index (Phi) is 6.38. The fraction of sp³-hybridized carbons (Fsp3) is 0.562. The minimum absolute atomic E-state index is 0.264. The summed E-state index contributed by atoms with van der Waals surface area (Å²) in [6.45, 7) is 10.1. The molecule has 0 saturated heterocycles. The van der Waals surface area contributed by atoms with Crippen LogP contribution < -0.4 is 10.6 Å². The van der Waals surface area contributed by atoms with Gasteiger partial charge in [-0.2, -0.15) is 0 Å². The number of benzene rings is 1. The van der Waals surface area contributed by atoms with Gasteiger partial charge in [-0.3, -0.25) is 0 Å². The Morgan fingerprint density at radius 2 is 1.91 bits per heavy atom. The number of carbonyl (C=O) groups excluding carboxylic acids is 1. The van der Waals surface area contributed by atoms with E-state index in [1.54, 1.807) is 12.1 Å². The van der Waals surface area contributed by atoms with Gasteiger partial charge in [0.25, 0.3) is 0 Å². The van der Waals surface area contributed by atoms with Crippen molar-refractivity contribution in [1.29, 1.82) is 0 Å². The number of nitrogens with one attached hydrogen (secondary N) is 2. The van der Waals surface area contributed by atoms with E-state index in [2.05, 4.69) is 26.6 Å². The van der Waals surface area contributed by atoms with Crippen molar-refractivity contribution >= 4 is 22.0 Å². The van der Waals surface area contributed by atoms with Gasteiger partial charge in [-0.1, -0.05) is 22.0 Å². The van der Waals surface area contributed by atoms with Gasteiger partial charge >= 0.3 is 6.09 Å². The number of hydrogen-bond acceptors (Lipinski definition) is 3. The predicted molar refractivity (Wildman–Crippen MR) is 89.3 cm³/mol. The molecule has 0 heterocycles. The van der Waals surface area contributed by atoms with Crippen LogP contribution in [0.1, 0.15) is 40.2 Å². The molecule has 1 rings (SSSR count). The van der Waals surface area contributed by atoms with Crippen molar-refractivity contribution in [3.8, 4) is 0 Å². The van der Waals surface area contributed by atoms with E-state index in [-0.39, 0.29) is 5.82 Å². The number of carbonyl (C=O) groups is 1. The van der Waals surface area contributed by atoms with Crippen LogP contribution in [0.5, 0.6) is 0 Å². The third kappa shape index (κ3) is 7.22. The molecule has 1 amide bonds. The van der Waals surface area contributed by atoms with Gasteiger partial charge in [0.1, 0.15) is 11.4 Å². The fourth-order valence-electron chi connectivity index (χ4n) is 1.80. The normalized spacial score (nSPS) is 12.1. The van der Waals surface area contributed by atoms with Gasteiger partial charge < -0.3 is 15.4 Å². The summed E-state index contributed by atoms with van der Waals surface area (Å²) in [5, 5.41) is 5.94. The molecule has 0 unspecified atom stereocenters. The zero-order chi connectivity index (χ0) is 17.0. The lowest BCUT2D eigenvalue weighted by molar-refractivity contribution is 0.0472. The lowest BCUT2D eigenvalue weighted by Gasteiger charge is -2.29. The molecule has 1 aromatic rings. The summed E-state index contributed by atoms with van der Waals surface area (Å²) in [5.41, 5.74) is -0.459. The predicted octanol–water partition coefficient (Wildman–Crippen LogP) is 3.98. The van der Waals surface area contributed by atoms with Crippen LogP contribution in [0.15, 0.2) is 22.7 Å². The molecule has 0 spiro atoms. The van der Waals surface area contributed by atoms with Gasteiger partial charge in [-0.25, -0.2) is 9.18 Å². The van der Waals surface area contributed by atoms with Crippen LogP contribution >= 0.6 is 15.9 Å². The first-order valence-corrected chi connectivity index (χ1v) is 7.94. The number of hydrogen-bond donors (Lipinski definition) is 2. The summed E-state index contributed by atoms with van der Waals surface area (Å²) < 4.78 is 19.6. The molecular formula is C16H24BrFN2O2. The van der Waals surface area contributed by atoms with Crippen molar-refractivity contribution in [2.75, 3.05) is 6.54 Å². The first kappa shape index (κ1) is 18.9. The molecular weight excluding hydrogens is 351 g/mol. The molecule has 0 bridgehead atoms. The molecule has 0 saturated carbocycles. The molecule has 4 nitrogen and oxygen atoms in total. The molecule has 0 atom stereocenters. The lowest BCUT2D eigenvalue weighted by Crippen LogP contribution is -2.51. The highest BCUT2D eigenvalue weighted by Crippen LogP contribution is 2.15. The molecule has 0 fully saturated rings. The molecule has 124 valence electrons. The maximum atomic E-state index is 13.7. The third-order valence-electron chi connectivity index (χ3n) is 2.74. The van der Waals surface area contributed by atoms with Crippen molar-refractivity contribution in [1.82, 2.24) is 10.6 Å². The van der Waals surface area contributed by atoms with E-state index in [1.165, 1.54) is 6.07 Å². The number of amides is 1. The topological polar surface area (TPSA) is 50.4 Å². The van der Waals surface area contributed by atoms with E-state index >= 15 is 0 Å². The minimum atomic E-state index is -0.534. The fourth-order valence-corrected chi connectivity index (χ4v) is 2.13. The zero-order valence-corrected chi connectivity index (χ0v) is 15.3. The maximum absolute atomic E-state index is 13.7. The van der Waals surface area contributed by atoms with E-state index in [1.807, 2.05) is 34.6 Å².